The number of nitrogens with zero attached hydrogens (tertiary/aromatic N) is 2. The van der Waals surface area contributed by atoms with Crippen LogP contribution in [-0.2, 0) is 19.1 Å². The van der Waals surface area contributed by atoms with Gasteiger partial charge in [0.1, 0.15) is 0 Å². The Balaban J connectivity index is 2.26. The van der Waals surface area contributed by atoms with Crippen LogP contribution < -0.4 is 0 Å². The molecular formula is C13H22N2O5. The van der Waals surface area contributed by atoms with E-state index in [0.29, 0.717) is 25.9 Å². The zero-order valence-corrected chi connectivity index (χ0v) is 12.0. The number of ether oxygens (including phenoxy) is 1. The highest BCUT2D eigenvalue weighted by Gasteiger charge is 2.24. The Hall–Kier alpha value is -1.63. The van der Waals surface area contributed by atoms with Crippen LogP contribution in [-0.4, -0.2) is 72.1 Å². The predicted octanol–water partition coefficient (Wildman–Crippen LogP) is -0.0530. The fraction of sp³-hybridized carbons (Fsp3) is 0.769. The summed E-state index contributed by atoms with van der Waals surface area (Å²) in [5.41, 5.74) is 0. The lowest BCUT2D eigenvalue weighted by atomic mass is 10.1. The van der Waals surface area contributed by atoms with Crippen molar-refractivity contribution in [2.75, 3.05) is 33.3 Å². The van der Waals surface area contributed by atoms with E-state index in [1.165, 1.54) is 11.8 Å². The fourth-order valence-corrected chi connectivity index (χ4v) is 2.00. The molecule has 0 aliphatic carbocycles. The van der Waals surface area contributed by atoms with E-state index in [1.54, 1.807) is 11.9 Å². The Morgan fingerprint density at radius 2 is 1.90 bits per heavy atom. The topological polar surface area (TPSA) is 87.2 Å². The van der Waals surface area contributed by atoms with Crippen molar-refractivity contribution < 1.29 is 24.2 Å². The Kier molecular flexibility index (Phi) is 6.44. The molecule has 1 saturated heterocycles. The van der Waals surface area contributed by atoms with Crippen molar-refractivity contribution in [3.8, 4) is 0 Å². The van der Waals surface area contributed by atoms with Crippen LogP contribution in [0.1, 0.15) is 26.2 Å². The minimum absolute atomic E-state index is 0.00253. The molecule has 1 fully saturated rings. The quantitative estimate of drug-likeness (QED) is 0.739. The molecule has 0 saturated carbocycles. The van der Waals surface area contributed by atoms with Crippen molar-refractivity contribution >= 4 is 17.8 Å². The van der Waals surface area contributed by atoms with Gasteiger partial charge in [-0.25, -0.2) is 0 Å². The number of rotatable bonds is 6. The SMILES string of the molecule is CC(=O)N(C)CC(=O)N1CCC(OCCC(=O)O)CC1. The molecule has 1 rings (SSSR count). The Morgan fingerprint density at radius 1 is 1.30 bits per heavy atom. The van der Waals surface area contributed by atoms with Gasteiger partial charge in [-0.05, 0) is 12.8 Å². The molecule has 0 atom stereocenters. The van der Waals surface area contributed by atoms with Gasteiger partial charge in [-0.3, -0.25) is 14.4 Å². The molecule has 2 amide bonds. The molecule has 7 heteroatoms. The molecular weight excluding hydrogens is 264 g/mol. The molecule has 1 aliphatic heterocycles. The average Bonchev–Trinajstić information content (AvgIpc) is 2.38. The second-order valence-electron chi connectivity index (χ2n) is 4.97. The van der Waals surface area contributed by atoms with Gasteiger partial charge in [0.05, 0.1) is 25.7 Å². The Bertz CT molecular complexity index is 364. The fourth-order valence-electron chi connectivity index (χ4n) is 2.00. The van der Waals surface area contributed by atoms with Crippen molar-refractivity contribution in [2.24, 2.45) is 0 Å². The van der Waals surface area contributed by atoms with Crippen molar-refractivity contribution in [1.29, 1.82) is 0 Å². The largest absolute Gasteiger partial charge is 0.481 e. The molecule has 7 nitrogen and oxygen atoms in total. The number of carboxylic acids is 1. The van der Waals surface area contributed by atoms with Crippen molar-refractivity contribution in [1.82, 2.24) is 9.80 Å². The van der Waals surface area contributed by atoms with Crippen LogP contribution in [0.5, 0.6) is 0 Å². The van der Waals surface area contributed by atoms with Gasteiger partial charge in [-0.15, -0.1) is 0 Å². The first-order valence-electron chi connectivity index (χ1n) is 6.73. The van der Waals surface area contributed by atoms with Gasteiger partial charge >= 0.3 is 5.97 Å². The summed E-state index contributed by atoms with van der Waals surface area (Å²) >= 11 is 0. The molecule has 0 aromatic rings. The Morgan fingerprint density at radius 3 is 2.40 bits per heavy atom. The summed E-state index contributed by atoms with van der Waals surface area (Å²) in [5.74, 6) is -1.07. The standard InChI is InChI=1S/C13H22N2O5/c1-10(16)14(2)9-12(17)15-6-3-11(4-7-15)20-8-5-13(18)19/h11H,3-9H2,1-2H3,(H,18,19). The van der Waals surface area contributed by atoms with Gasteiger partial charge in [0, 0.05) is 27.1 Å². The summed E-state index contributed by atoms with van der Waals surface area (Å²) in [6.45, 7) is 2.90. The van der Waals surface area contributed by atoms with E-state index in [1.807, 2.05) is 0 Å². The monoisotopic (exact) mass is 286 g/mol. The number of carbonyl (C=O) groups excluding carboxylic acids is 2. The molecule has 0 spiro atoms. The molecule has 0 aromatic carbocycles. The molecule has 1 heterocycles. The predicted molar refractivity (Wildman–Crippen MR) is 71.1 cm³/mol. The number of piperidine rings is 1. The Labute approximate surface area is 118 Å². The molecule has 0 bridgehead atoms. The second kappa shape index (κ2) is 7.84. The molecule has 1 N–H and O–H groups in total. The number of aliphatic carboxylic acids is 1. The van der Waals surface area contributed by atoms with E-state index in [-0.39, 0.29) is 37.5 Å². The first kappa shape index (κ1) is 16.4. The van der Waals surface area contributed by atoms with Crippen LogP contribution in [0.25, 0.3) is 0 Å². The zero-order valence-electron chi connectivity index (χ0n) is 12.0. The zero-order chi connectivity index (χ0) is 15.1. The number of hydrogen-bond donors (Lipinski definition) is 1. The highest BCUT2D eigenvalue weighted by molar-refractivity contribution is 5.83. The van der Waals surface area contributed by atoms with Crippen molar-refractivity contribution in [2.45, 2.75) is 32.3 Å². The van der Waals surface area contributed by atoms with Gasteiger partial charge in [-0.2, -0.15) is 0 Å². The van der Waals surface area contributed by atoms with Gasteiger partial charge in [0.15, 0.2) is 0 Å². The van der Waals surface area contributed by atoms with E-state index < -0.39 is 5.97 Å². The molecule has 114 valence electrons. The first-order chi connectivity index (χ1) is 9.40. The van der Waals surface area contributed by atoms with E-state index in [2.05, 4.69) is 0 Å². The lowest BCUT2D eigenvalue weighted by molar-refractivity contribution is -0.141. The normalized spacial score (nSPS) is 16.0. The maximum Gasteiger partial charge on any atom is 0.305 e. The van der Waals surface area contributed by atoms with Crippen LogP contribution in [0.4, 0.5) is 0 Å². The van der Waals surface area contributed by atoms with Crippen molar-refractivity contribution in [3.63, 3.8) is 0 Å². The number of likely N-dealkylation sites (tertiary alicyclic amines) is 1. The molecule has 0 unspecified atom stereocenters. The van der Waals surface area contributed by atoms with Crippen molar-refractivity contribution in [3.05, 3.63) is 0 Å². The summed E-state index contributed by atoms with van der Waals surface area (Å²) in [6, 6.07) is 0. The molecule has 0 aromatic heterocycles. The summed E-state index contributed by atoms with van der Waals surface area (Å²) in [7, 11) is 1.60. The molecule has 0 radical (unpaired) electrons. The van der Waals surface area contributed by atoms with Gasteiger partial charge < -0.3 is 19.6 Å². The van der Waals surface area contributed by atoms with E-state index in [0.717, 1.165) is 0 Å². The summed E-state index contributed by atoms with van der Waals surface area (Å²) in [5, 5.41) is 8.52. The lowest BCUT2D eigenvalue weighted by Crippen LogP contribution is -2.45. The summed E-state index contributed by atoms with van der Waals surface area (Å²) in [6.07, 6.45) is 1.43. The van der Waals surface area contributed by atoms with E-state index in [9.17, 15) is 14.4 Å². The van der Waals surface area contributed by atoms with Gasteiger partial charge in [0.2, 0.25) is 11.8 Å². The first-order valence-corrected chi connectivity index (χ1v) is 6.73. The minimum atomic E-state index is -0.870. The third-order valence-electron chi connectivity index (χ3n) is 3.37. The lowest BCUT2D eigenvalue weighted by Gasteiger charge is -2.32. The van der Waals surface area contributed by atoms with E-state index >= 15 is 0 Å². The number of likely N-dealkylation sites (N-methyl/N-ethyl adjacent to an activating group) is 1. The number of carbonyl (C=O) groups is 3. The van der Waals surface area contributed by atoms with Crippen LogP contribution >= 0.6 is 0 Å². The maximum absolute atomic E-state index is 11.9. The minimum Gasteiger partial charge on any atom is -0.481 e. The number of amides is 2. The van der Waals surface area contributed by atoms with Crippen LogP contribution in [0.3, 0.4) is 0 Å². The third kappa shape index (κ3) is 5.56. The molecule has 1 aliphatic rings. The number of hydrogen-bond acceptors (Lipinski definition) is 4. The maximum atomic E-state index is 11.9. The molecule has 20 heavy (non-hydrogen) atoms. The van der Waals surface area contributed by atoms with E-state index in [4.69, 9.17) is 9.84 Å². The summed E-state index contributed by atoms with van der Waals surface area (Å²) in [4.78, 5) is 36.5. The van der Waals surface area contributed by atoms with Crippen LogP contribution in [0, 0.1) is 0 Å². The average molecular weight is 286 g/mol. The highest BCUT2D eigenvalue weighted by Crippen LogP contribution is 2.14. The van der Waals surface area contributed by atoms with Gasteiger partial charge in [-0.1, -0.05) is 0 Å². The van der Waals surface area contributed by atoms with Crippen LogP contribution in [0.2, 0.25) is 0 Å². The van der Waals surface area contributed by atoms with Crippen LogP contribution in [0.15, 0.2) is 0 Å². The number of carboxylic acid groups (broad SMARTS) is 1. The smallest absolute Gasteiger partial charge is 0.305 e. The highest BCUT2D eigenvalue weighted by atomic mass is 16.5. The summed E-state index contributed by atoms with van der Waals surface area (Å²) < 4.78 is 5.46. The van der Waals surface area contributed by atoms with Gasteiger partial charge in [0.25, 0.3) is 0 Å². The second-order valence-corrected chi connectivity index (χ2v) is 4.97. The third-order valence-corrected chi connectivity index (χ3v) is 3.37.